The molecule has 4 heterocycles. The van der Waals surface area contributed by atoms with E-state index in [9.17, 15) is 18.4 Å². The Morgan fingerprint density at radius 3 is 2.43 bits per heavy atom. The molecule has 1 atom stereocenters. The topological polar surface area (TPSA) is 151 Å². The molecule has 3 amide bonds. The molecule has 2 aliphatic heterocycles. The van der Waals surface area contributed by atoms with Gasteiger partial charge in [-0.2, -0.15) is 5.10 Å². The second-order valence-corrected chi connectivity index (χ2v) is 15.6. The molecule has 2 aliphatic rings. The number of rotatable bonds is 12. The number of carbonyl (C=O) groups excluding carboxylic acids is 2. The monoisotopic (exact) mass is 790 g/mol. The van der Waals surface area contributed by atoms with Crippen molar-refractivity contribution in [2.45, 2.75) is 64.5 Å². The number of nitrogens with one attached hydrogen (secondary N) is 4. The molecule has 3 aromatic carbocycles. The fraction of sp³-hybridized carbons (Fsp3) is 0.349. The number of aliphatic imine (C=N–C) groups is 1. The van der Waals surface area contributed by atoms with Crippen molar-refractivity contribution >= 4 is 46.2 Å². The molecule has 4 N–H and O–H groups in total. The highest BCUT2D eigenvalue weighted by atomic mass is 19.3. The zero-order valence-electron chi connectivity index (χ0n) is 33.1. The Hall–Kier alpha value is -6.22. The predicted octanol–water partition coefficient (Wildman–Crippen LogP) is 7.74. The number of piperidine rings is 1. The number of ether oxygens (including phenoxy) is 1. The van der Waals surface area contributed by atoms with Gasteiger partial charge in [-0.25, -0.2) is 28.2 Å². The van der Waals surface area contributed by atoms with Gasteiger partial charge in [0.1, 0.15) is 35.9 Å². The Morgan fingerprint density at radius 2 is 1.71 bits per heavy atom. The average Bonchev–Trinajstić information content (AvgIpc) is 3.63. The molecule has 5 aromatic rings. The molecule has 0 radical (unpaired) electrons. The summed E-state index contributed by atoms with van der Waals surface area (Å²) >= 11 is 0. The Bertz CT molecular complexity index is 2310. The van der Waals surface area contributed by atoms with Gasteiger partial charge >= 0.3 is 6.03 Å². The van der Waals surface area contributed by atoms with Gasteiger partial charge in [0.05, 0.1) is 29.5 Å². The van der Waals surface area contributed by atoms with E-state index in [1.807, 2.05) is 90.8 Å². The van der Waals surface area contributed by atoms with Crippen molar-refractivity contribution in [2.75, 3.05) is 48.7 Å². The molecule has 0 saturated carbocycles. The van der Waals surface area contributed by atoms with Crippen LogP contribution in [0.2, 0.25) is 0 Å². The number of hydrogen-bond acceptors (Lipinski definition) is 9. The van der Waals surface area contributed by atoms with Gasteiger partial charge in [-0.3, -0.25) is 15.1 Å². The van der Waals surface area contributed by atoms with Crippen molar-refractivity contribution < 1.29 is 23.1 Å². The predicted molar refractivity (Wildman–Crippen MR) is 223 cm³/mol. The minimum atomic E-state index is -2.60. The molecule has 302 valence electrons. The number of aromatic nitrogens is 4. The lowest BCUT2D eigenvalue weighted by Crippen LogP contribution is -2.43. The molecule has 1 saturated heterocycles. The Balaban J connectivity index is 0.944. The minimum absolute atomic E-state index is 0.154. The minimum Gasteiger partial charge on any atom is -0.489 e. The number of hydrogen-bond donors (Lipinski definition) is 4. The first-order chi connectivity index (χ1) is 27.8. The fourth-order valence-electron chi connectivity index (χ4n) is 6.66. The van der Waals surface area contributed by atoms with Crippen molar-refractivity contribution in [3.05, 3.63) is 108 Å². The highest BCUT2D eigenvalue weighted by Crippen LogP contribution is 2.33. The molecule has 13 nitrogen and oxygen atoms in total. The first kappa shape index (κ1) is 40.0. The zero-order valence-corrected chi connectivity index (χ0v) is 33.1. The second kappa shape index (κ2) is 17.1. The summed E-state index contributed by atoms with van der Waals surface area (Å²) < 4.78 is 34.9. The van der Waals surface area contributed by atoms with Crippen molar-refractivity contribution in [1.29, 1.82) is 0 Å². The number of urea groups is 1. The van der Waals surface area contributed by atoms with E-state index < -0.39 is 18.1 Å². The number of nitrogens with zero attached hydrogens (tertiary/aromatic N) is 6. The van der Waals surface area contributed by atoms with Gasteiger partial charge in [0.25, 0.3) is 11.8 Å². The molecule has 1 unspecified atom stereocenters. The maximum atomic E-state index is 13.5. The fourth-order valence-corrected chi connectivity index (χ4v) is 6.66. The van der Waals surface area contributed by atoms with E-state index in [-0.39, 0.29) is 29.9 Å². The van der Waals surface area contributed by atoms with Crippen LogP contribution >= 0.6 is 0 Å². The number of alkyl halides is 2. The van der Waals surface area contributed by atoms with Crippen molar-refractivity contribution in [3.8, 4) is 11.4 Å². The number of likely N-dealkylation sites (tertiary alicyclic amines) is 1. The van der Waals surface area contributed by atoms with E-state index in [0.29, 0.717) is 62.3 Å². The highest BCUT2D eigenvalue weighted by Gasteiger charge is 2.33. The number of aryl methyl sites for hydroxylation is 1. The highest BCUT2D eigenvalue weighted by molar-refractivity contribution is 6.07. The summed E-state index contributed by atoms with van der Waals surface area (Å²) in [6, 6.07) is 20.9. The maximum Gasteiger partial charge on any atom is 0.324 e. The summed E-state index contributed by atoms with van der Waals surface area (Å²) in [4.78, 5) is 41.1. The lowest BCUT2D eigenvalue weighted by molar-refractivity contribution is -0.0547. The van der Waals surface area contributed by atoms with Crippen molar-refractivity contribution in [2.24, 2.45) is 4.99 Å². The second-order valence-electron chi connectivity index (χ2n) is 15.6. The van der Waals surface area contributed by atoms with Crippen LogP contribution in [0.3, 0.4) is 0 Å². The first-order valence-corrected chi connectivity index (χ1v) is 19.4. The Labute approximate surface area is 336 Å². The SMILES string of the molecule is Cc1ccc(-n2nc(C(C)(C)C)cc2NC(=O)Nc2ccc(OCC3=CC(Nc4cnc(C(=O)NCCN5CCC(F)(F)CC5)cn4)N=CC3)c3ccccc23)cc1. The lowest BCUT2D eigenvalue weighted by Gasteiger charge is -2.31. The number of dihydropyridines is 1. The van der Waals surface area contributed by atoms with E-state index >= 15 is 0 Å². The zero-order chi connectivity index (χ0) is 40.9. The summed E-state index contributed by atoms with van der Waals surface area (Å²) in [5.41, 5.74) is 4.38. The lowest BCUT2D eigenvalue weighted by atomic mass is 9.92. The number of fused-ring (bicyclic) bond motifs is 1. The van der Waals surface area contributed by atoms with Gasteiger partial charge in [-0.1, -0.05) is 62.7 Å². The van der Waals surface area contributed by atoms with E-state index in [1.165, 1.54) is 12.4 Å². The molecule has 15 heteroatoms. The largest absolute Gasteiger partial charge is 0.489 e. The van der Waals surface area contributed by atoms with Crippen LogP contribution in [0.15, 0.2) is 95.8 Å². The van der Waals surface area contributed by atoms with Gasteiger partial charge in [0, 0.05) is 73.9 Å². The first-order valence-electron chi connectivity index (χ1n) is 19.4. The third kappa shape index (κ3) is 10.0. The van der Waals surface area contributed by atoms with Crippen LogP contribution in [0, 0.1) is 6.92 Å². The molecule has 58 heavy (non-hydrogen) atoms. The van der Waals surface area contributed by atoms with E-state index in [1.54, 1.807) is 4.68 Å². The third-order valence-corrected chi connectivity index (χ3v) is 10.0. The quantitative estimate of drug-likeness (QED) is 0.0938. The van der Waals surface area contributed by atoms with Gasteiger partial charge in [-0.05, 0) is 42.8 Å². The van der Waals surface area contributed by atoms with E-state index in [4.69, 9.17) is 9.84 Å². The Kier molecular flexibility index (Phi) is 11.8. The summed E-state index contributed by atoms with van der Waals surface area (Å²) in [6.07, 6.45) is 6.51. The van der Waals surface area contributed by atoms with Crippen molar-refractivity contribution in [1.82, 2.24) is 30.0 Å². The van der Waals surface area contributed by atoms with Gasteiger partial charge in [0.15, 0.2) is 0 Å². The summed E-state index contributed by atoms with van der Waals surface area (Å²) in [7, 11) is 0. The standard InChI is InChI=1S/C43H48F2N10O3/c1-28-9-11-30(12-10-28)55-39(24-36(53-55)42(2,3)4)52-41(57)50-33-13-14-35(32-8-6-5-7-31(32)33)58-27-29-15-18-46-37(23-29)51-38-26-48-34(25-49-38)40(56)47-19-22-54-20-16-43(44,45)17-21-54/h5-14,18,23-26,37H,15-17,19-22,27H2,1-4H3,(H,47,56)(H,49,51)(H2,50,52,57). The van der Waals surface area contributed by atoms with Gasteiger partial charge < -0.3 is 25.6 Å². The van der Waals surface area contributed by atoms with Crippen LogP contribution in [0.25, 0.3) is 16.5 Å². The summed E-state index contributed by atoms with van der Waals surface area (Å²) in [5, 5.41) is 18.5. The summed E-state index contributed by atoms with van der Waals surface area (Å²) in [5.74, 6) is -1.32. The molecule has 7 rings (SSSR count). The number of halogens is 2. The number of carbonyl (C=O) groups is 2. The molecular formula is C43H48F2N10O3. The Morgan fingerprint density at radius 1 is 0.948 bits per heavy atom. The smallest absolute Gasteiger partial charge is 0.324 e. The van der Waals surface area contributed by atoms with Crippen LogP contribution in [0.5, 0.6) is 5.75 Å². The van der Waals surface area contributed by atoms with Crippen LogP contribution in [0.4, 0.5) is 30.9 Å². The molecule has 0 aliphatic carbocycles. The molecule has 0 bridgehead atoms. The van der Waals surface area contributed by atoms with E-state index in [2.05, 4.69) is 57.0 Å². The van der Waals surface area contributed by atoms with Gasteiger partial charge in [-0.15, -0.1) is 0 Å². The van der Waals surface area contributed by atoms with Crippen LogP contribution in [0.1, 0.15) is 61.8 Å². The van der Waals surface area contributed by atoms with Crippen LogP contribution < -0.4 is 26.0 Å². The number of benzene rings is 3. The van der Waals surface area contributed by atoms with Crippen LogP contribution in [-0.2, 0) is 5.41 Å². The molecule has 0 spiro atoms. The van der Waals surface area contributed by atoms with Gasteiger partial charge in [0.2, 0.25) is 0 Å². The van der Waals surface area contributed by atoms with Crippen molar-refractivity contribution in [3.63, 3.8) is 0 Å². The third-order valence-electron chi connectivity index (χ3n) is 10.0. The molecule has 1 fully saturated rings. The summed E-state index contributed by atoms with van der Waals surface area (Å²) in [6.45, 7) is 10.0. The number of anilines is 3. The van der Waals surface area contributed by atoms with Crippen LogP contribution in [-0.4, -0.2) is 87.7 Å². The van der Waals surface area contributed by atoms with E-state index in [0.717, 1.165) is 33.3 Å². The number of amides is 3. The molecule has 2 aromatic heterocycles. The maximum absolute atomic E-state index is 13.5. The molecular weight excluding hydrogens is 743 g/mol. The average molecular weight is 791 g/mol. The normalized spacial score (nSPS) is 16.7.